The number of carbonyl (C=O) groups excluding carboxylic acids is 1. The van der Waals surface area contributed by atoms with E-state index in [1.807, 2.05) is 31.2 Å². The first-order chi connectivity index (χ1) is 10.1. The molecule has 2 rings (SSSR count). The third-order valence-electron chi connectivity index (χ3n) is 2.92. The van der Waals surface area contributed by atoms with Gasteiger partial charge in [-0.2, -0.15) is 0 Å². The summed E-state index contributed by atoms with van der Waals surface area (Å²) in [6.07, 6.45) is 0. The van der Waals surface area contributed by atoms with Gasteiger partial charge in [-0.15, -0.1) is 0 Å². The smallest absolute Gasteiger partial charge is 0.252 e. The van der Waals surface area contributed by atoms with E-state index in [0.29, 0.717) is 24.4 Å². The molecule has 0 radical (unpaired) electrons. The van der Waals surface area contributed by atoms with Crippen LogP contribution in [0.3, 0.4) is 0 Å². The number of nitrogen functional groups attached to an aromatic ring is 1. The van der Waals surface area contributed by atoms with Crippen LogP contribution in [0.25, 0.3) is 0 Å². The molecule has 2 aromatic rings. The topological polar surface area (TPSA) is 64.3 Å². The Bertz CT molecular complexity index is 644. The molecule has 0 aromatic heterocycles. The summed E-state index contributed by atoms with van der Waals surface area (Å²) in [6.45, 7) is 2.77. The van der Waals surface area contributed by atoms with Gasteiger partial charge in [0.05, 0.1) is 22.8 Å². The number of benzene rings is 2. The monoisotopic (exact) mass is 304 g/mol. The van der Waals surface area contributed by atoms with Gasteiger partial charge >= 0.3 is 0 Å². The summed E-state index contributed by atoms with van der Waals surface area (Å²) in [7, 11) is 0. The average molecular weight is 305 g/mol. The molecule has 110 valence electrons. The van der Waals surface area contributed by atoms with E-state index >= 15 is 0 Å². The van der Waals surface area contributed by atoms with Gasteiger partial charge in [0.25, 0.3) is 5.91 Å². The number of rotatable bonds is 5. The summed E-state index contributed by atoms with van der Waals surface area (Å²) in [5, 5.41) is 3.02. The highest BCUT2D eigenvalue weighted by molar-refractivity contribution is 6.36. The van der Waals surface area contributed by atoms with Crippen LogP contribution >= 0.6 is 11.6 Å². The van der Waals surface area contributed by atoms with Crippen molar-refractivity contribution in [3.05, 3.63) is 58.6 Å². The predicted molar refractivity (Wildman–Crippen MR) is 84.9 cm³/mol. The summed E-state index contributed by atoms with van der Waals surface area (Å²) in [5.74, 6) is 0.520. The standard InChI is InChI=1S/C16H17ClN2O2/c1-11-4-2-5-12(10-11)21-9-8-19-16(20)13-6-3-7-14(18)15(13)17/h2-7,10H,8-9,18H2,1H3,(H,19,20). The highest BCUT2D eigenvalue weighted by Crippen LogP contribution is 2.22. The minimum atomic E-state index is -0.264. The van der Waals surface area contributed by atoms with E-state index in [9.17, 15) is 4.79 Å². The third-order valence-corrected chi connectivity index (χ3v) is 3.34. The van der Waals surface area contributed by atoms with E-state index in [2.05, 4.69) is 5.32 Å². The van der Waals surface area contributed by atoms with Gasteiger partial charge in [0.15, 0.2) is 0 Å². The molecule has 21 heavy (non-hydrogen) atoms. The van der Waals surface area contributed by atoms with E-state index in [0.717, 1.165) is 11.3 Å². The molecule has 0 unspecified atom stereocenters. The molecule has 5 heteroatoms. The number of nitrogens with two attached hydrogens (primary N) is 1. The average Bonchev–Trinajstić information content (AvgIpc) is 2.46. The maximum absolute atomic E-state index is 12.0. The van der Waals surface area contributed by atoms with Crippen molar-refractivity contribution in [3.8, 4) is 5.75 Å². The first-order valence-corrected chi connectivity index (χ1v) is 6.97. The molecule has 0 fully saturated rings. The molecule has 0 atom stereocenters. The Balaban J connectivity index is 1.83. The first kappa shape index (κ1) is 15.2. The van der Waals surface area contributed by atoms with Crippen LogP contribution in [-0.4, -0.2) is 19.1 Å². The number of hydrogen-bond donors (Lipinski definition) is 2. The zero-order valence-corrected chi connectivity index (χ0v) is 12.5. The molecular formula is C16H17ClN2O2. The fraction of sp³-hybridized carbons (Fsp3) is 0.188. The molecule has 0 aliphatic carbocycles. The number of hydrogen-bond acceptors (Lipinski definition) is 3. The van der Waals surface area contributed by atoms with Crippen molar-refractivity contribution in [1.29, 1.82) is 0 Å². The summed E-state index contributed by atoms with van der Waals surface area (Å²) in [4.78, 5) is 12.0. The van der Waals surface area contributed by atoms with Gasteiger partial charge in [-0.25, -0.2) is 0 Å². The number of ether oxygens (including phenoxy) is 1. The molecule has 0 aliphatic rings. The fourth-order valence-corrected chi connectivity index (χ4v) is 2.07. The highest BCUT2D eigenvalue weighted by Gasteiger charge is 2.11. The first-order valence-electron chi connectivity index (χ1n) is 6.59. The minimum absolute atomic E-state index is 0.264. The van der Waals surface area contributed by atoms with Crippen molar-refractivity contribution in [3.63, 3.8) is 0 Å². The molecule has 2 aromatic carbocycles. The summed E-state index contributed by atoms with van der Waals surface area (Å²) < 4.78 is 5.55. The van der Waals surface area contributed by atoms with Crippen LogP contribution in [0.5, 0.6) is 5.75 Å². The number of halogens is 1. The molecular weight excluding hydrogens is 288 g/mol. The van der Waals surface area contributed by atoms with Crippen LogP contribution in [0.2, 0.25) is 5.02 Å². The maximum Gasteiger partial charge on any atom is 0.252 e. The second-order valence-electron chi connectivity index (χ2n) is 4.63. The van der Waals surface area contributed by atoms with Gasteiger partial charge < -0.3 is 15.8 Å². The fourth-order valence-electron chi connectivity index (χ4n) is 1.86. The Morgan fingerprint density at radius 3 is 2.81 bits per heavy atom. The largest absolute Gasteiger partial charge is 0.492 e. The Kier molecular flexibility index (Phi) is 5.06. The normalized spacial score (nSPS) is 10.2. The quantitative estimate of drug-likeness (QED) is 0.659. The number of nitrogens with one attached hydrogen (secondary N) is 1. The van der Waals surface area contributed by atoms with E-state index in [1.54, 1.807) is 18.2 Å². The molecule has 0 heterocycles. The number of aryl methyl sites for hydroxylation is 1. The lowest BCUT2D eigenvalue weighted by atomic mass is 10.2. The maximum atomic E-state index is 12.0. The van der Waals surface area contributed by atoms with E-state index in [-0.39, 0.29) is 10.9 Å². The summed E-state index contributed by atoms with van der Waals surface area (Å²) >= 11 is 6.00. The lowest BCUT2D eigenvalue weighted by Gasteiger charge is -2.09. The predicted octanol–water partition coefficient (Wildman–Crippen LogP) is 3.04. The second kappa shape index (κ2) is 6.99. The molecule has 0 aliphatic heterocycles. The van der Waals surface area contributed by atoms with Crippen molar-refractivity contribution < 1.29 is 9.53 Å². The molecule has 3 N–H and O–H groups in total. The third kappa shape index (κ3) is 4.13. The van der Waals surface area contributed by atoms with Crippen LogP contribution < -0.4 is 15.8 Å². The second-order valence-corrected chi connectivity index (χ2v) is 5.01. The lowest BCUT2D eigenvalue weighted by Crippen LogP contribution is -2.28. The number of anilines is 1. The van der Waals surface area contributed by atoms with Gasteiger partial charge in [-0.1, -0.05) is 29.8 Å². The molecule has 0 bridgehead atoms. The Labute approximate surface area is 128 Å². The Morgan fingerprint density at radius 1 is 1.29 bits per heavy atom. The zero-order valence-electron chi connectivity index (χ0n) is 11.7. The van der Waals surface area contributed by atoms with E-state index < -0.39 is 0 Å². The van der Waals surface area contributed by atoms with Crippen LogP contribution in [0.15, 0.2) is 42.5 Å². The molecule has 0 saturated heterocycles. The summed E-state index contributed by atoms with van der Waals surface area (Å²) in [5.41, 5.74) is 7.55. The van der Waals surface area contributed by atoms with Crippen molar-refractivity contribution in [2.24, 2.45) is 0 Å². The van der Waals surface area contributed by atoms with Gasteiger partial charge in [0.1, 0.15) is 12.4 Å². The van der Waals surface area contributed by atoms with Crippen molar-refractivity contribution in [2.45, 2.75) is 6.92 Å². The summed E-state index contributed by atoms with van der Waals surface area (Å²) in [6, 6.07) is 12.7. The van der Waals surface area contributed by atoms with Gasteiger partial charge in [0.2, 0.25) is 0 Å². The molecule has 0 saturated carbocycles. The Hall–Kier alpha value is -2.20. The van der Waals surface area contributed by atoms with Crippen LogP contribution in [0.1, 0.15) is 15.9 Å². The lowest BCUT2D eigenvalue weighted by molar-refractivity contribution is 0.0947. The van der Waals surface area contributed by atoms with Crippen molar-refractivity contribution in [1.82, 2.24) is 5.32 Å². The van der Waals surface area contributed by atoms with Crippen LogP contribution in [0.4, 0.5) is 5.69 Å². The number of amides is 1. The zero-order chi connectivity index (χ0) is 15.2. The molecule has 4 nitrogen and oxygen atoms in total. The van der Waals surface area contributed by atoms with Gasteiger partial charge in [0, 0.05) is 0 Å². The van der Waals surface area contributed by atoms with Gasteiger partial charge in [-0.3, -0.25) is 4.79 Å². The Morgan fingerprint density at radius 2 is 2.05 bits per heavy atom. The minimum Gasteiger partial charge on any atom is -0.492 e. The number of carbonyl (C=O) groups is 1. The van der Waals surface area contributed by atoms with E-state index in [1.165, 1.54) is 0 Å². The van der Waals surface area contributed by atoms with E-state index in [4.69, 9.17) is 22.1 Å². The van der Waals surface area contributed by atoms with Crippen LogP contribution in [0, 0.1) is 6.92 Å². The van der Waals surface area contributed by atoms with Crippen molar-refractivity contribution in [2.75, 3.05) is 18.9 Å². The molecule has 1 amide bonds. The van der Waals surface area contributed by atoms with Crippen molar-refractivity contribution >= 4 is 23.2 Å². The SMILES string of the molecule is Cc1cccc(OCCNC(=O)c2cccc(N)c2Cl)c1. The molecule has 0 spiro atoms. The highest BCUT2D eigenvalue weighted by atomic mass is 35.5. The van der Waals surface area contributed by atoms with Gasteiger partial charge in [-0.05, 0) is 36.8 Å². The van der Waals surface area contributed by atoms with Crippen LogP contribution in [-0.2, 0) is 0 Å².